The van der Waals surface area contributed by atoms with Gasteiger partial charge in [0.25, 0.3) is 0 Å². The van der Waals surface area contributed by atoms with E-state index in [1.54, 1.807) is 18.5 Å². The van der Waals surface area contributed by atoms with Crippen LogP contribution < -0.4 is 4.74 Å². The third-order valence-corrected chi connectivity index (χ3v) is 13.5. The number of aromatic nitrogens is 3. The Balaban J connectivity index is 1.82. The van der Waals surface area contributed by atoms with Crippen molar-refractivity contribution in [3.05, 3.63) is 69.6 Å². The third kappa shape index (κ3) is 5.98. The summed E-state index contributed by atoms with van der Waals surface area (Å²) >= 11 is 7.64. The largest absolute Gasteiger partial charge is 0.484 e. The first-order valence-corrected chi connectivity index (χ1v) is 17.4. The summed E-state index contributed by atoms with van der Waals surface area (Å²) in [7, 11) is -1.97. The second-order valence-corrected chi connectivity index (χ2v) is 18.8. The summed E-state index contributed by atoms with van der Waals surface area (Å²) in [5.74, 6) is -0.681. The maximum Gasteiger partial charge on any atom is 0.349 e. The van der Waals surface area contributed by atoms with Crippen molar-refractivity contribution in [2.24, 2.45) is 0 Å². The number of carboxylic acid groups (broad SMARTS) is 1. The van der Waals surface area contributed by atoms with E-state index in [9.17, 15) is 9.90 Å². The molecule has 0 fully saturated rings. The van der Waals surface area contributed by atoms with E-state index in [2.05, 4.69) is 64.6 Å². The van der Waals surface area contributed by atoms with Gasteiger partial charge in [-0.2, -0.15) is 0 Å². The number of nitrogens with zero attached hydrogens (tertiary/aromatic N) is 3. The zero-order chi connectivity index (χ0) is 29.6. The van der Waals surface area contributed by atoms with Gasteiger partial charge in [0.15, 0.2) is 18.8 Å². The number of hydrogen-bond acceptors (Lipinski definition) is 6. The quantitative estimate of drug-likeness (QED) is 0.204. The van der Waals surface area contributed by atoms with Crippen LogP contribution in [0.25, 0.3) is 16.2 Å². The molecule has 40 heavy (non-hydrogen) atoms. The minimum atomic E-state index is -1.97. The van der Waals surface area contributed by atoms with Crippen LogP contribution in [0.3, 0.4) is 0 Å². The molecule has 0 saturated carbocycles. The molecule has 10 heteroatoms. The number of imidazole rings is 1. The third-order valence-electron chi connectivity index (χ3n) is 7.52. The highest BCUT2D eigenvalue weighted by Gasteiger charge is 2.37. The van der Waals surface area contributed by atoms with Gasteiger partial charge in [0.2, 0.25) is 0 Å². The molecule has 0 radical (unpaired) electrons. The molecule has 0 aliphatic heterocycles. The molecular formula is C30H38ClN3O4SSi. The molecule has 0 aliphatic carbocycles. The molecule has 7 nitrogen and oxygen atoms in total. The summed E-state index contributed by atoms with van der Waals surface area (Å²) < 4.78 is 14.8. The van der Waals surface area contributed by atoms with E-state index in [0.717, 1.165) is 27.4 Å². The molecule has 214 valence electrons. The Morgan fingerprint density at radius 2 is 1.80 bits per heavy atom. The molecule has 3 heterocycles. The second-order valence-electron chi connectivity index (χ2n) is 12.6. The van der Waals surface area contributed by atoms with Crippen molar-refractivity contribution in [1.29, 1.82) is 0 Å². The number of fused-ring (bicyclic) bond motifs is 1. The van der Waals surface area contributed by atoms with Crippen molar-refractivity contribution in [2.45, 2.75) is 84.7 Å². The summed E-state index contributed by atoms with van der Waals surface area (Å²) in [4.78, 5) is 22.6. The van der Waals surface area contributed by atoms with E-state index in [1.807, 2.05) is 35.7 Å². The van der Waals surface area contributed by atoms with Gasteiger partial charge in [-0.1, -0.05) is 71.3 Å². The number of hydrogen-bond donors (Lipinski definition) is 1. The van der Waals surface area contributed by atoms with Crippen LogP contribution in [0.1, 0.15) is 81.1 Å². The van der Waals surface area contributed by atoms with Crippen LogP contribution in [0.5, 0.6) is 5.75 Å². The topological polar surface area (TPSA) is 86.0 Å². The first-order chi connectivity index (χ1) is 18.5. The average molecular weight is 600 g/mol. The van der Waals surface area contributed by atoms with Crippen LogP contribution in [-0.4, -0.2) is 33.8 Å². The predicted molar refractivity (Wildman–Crippen MR) is 164 cm³/mol. The van der Waals surface area contributed by atoms with Gasteiger partial charge < -0.3 is 14.3 Å². The highest BCUT2D eigenvalue weighted by atomic mass is 35.5. The summed E-state index contributed by atoms with van der Waals surface area (Å²) in [6, 6.07) is 7.44. The van der Waals surface area contributed by atoms with Gasteiger partial charge in [0, 0.05) is 22.3 Å². The first kappa shape index (κ1) is 30.2. The molecule has 3 aromatic heterocycles. The van der Waals surface area contributed by atoms with Gasteiger partial charge in [-0.15, -0.1) is 11.3 Å². The van der Waals surface area contributed by atoms with E-state index in [1.165, 1.54) is 11.3 Å². The molecule has 1 atom stereocenters. The molecule has 0 unspecified atom stereocenters. The fourth-order valence-electron chi connectivity index (χ4n) is 4.22. The van der Waals surface area contributed by atoms with Crippen molar-refractivity contribution in [1.82, 2.24) is 14.4 Å². The molecular weight excluding hydrogens is 562 g/mol. The van der Waals surface area contributed by atoms with Gasteiger partial charge in [0.1, 0.15) is 11.9 Å². The molecule has 1 aromatic carbocycles. The molecule has 4 rings (SSSR count). The van der Waals surface area contributed by atoms with E-state index >= 15 is 0 Å². The number of carbonyl (C=O) groups is 1. The predicted octanol–water partition coefficient (Wildman–Crippen LogP) is 8.77. The van der Waals surface area contributed by atoms with Crippen LogP contribution in [0.15, 0.2) is 42.9 Å². The lowest BCUT2D eigenvalue weighted by molar-refractivity contribution is 0.0695. The van der Waals surface area contributed by atoms with Gasteiger partial charge in [-0.05, 0) is 36.5 Å². The number of ether oxygens (including phenoxy) is 1. The van der Waals surface area contributed by atoms with E-state index in [0.29, 0.717) is 23.0 Å². The number of aromatic carboxylic acids is 1. The SMILES string of the molecule is C[C@@H](Oc1c(C(=O)O)sc(-c2cnc3cnc(CO[Si](C)(C)C(C)(C)C)cn23)c1C(C)(C)C)c1ccccc1Cl. The van der Waals surface area contributed by atoms with Crippen LogP contribution in [-0.2, 0) is 16.4 Å². The summed E-state index contributed by atoms with van der Waals surface area (Å²) in [6.45, 7) is 19.5. The molecule has 0 saturated heterocycles. The van der Waals surface area contributed by atoms with Gasteiger partial charge in [0.05, 0.1) is 35.3 Å². The van der Waals surface area contributed by atoms with Gasteiger partial charge in [-0.3, -0.25) is 9.38 Å². The first-order valence-electron chi connectivity index (χ1n) is 13.3. The van der Waals surface area contributed by atoms with Crippen molar-refractivity contribution in [3.63, 3.8) is 0 Å². The minimum Gasteiger partial charge on any atom is -0.484 e. The maximum atomic E-state index is 12.5. The number of carboxylic acids is 1. The van der Waals surface area contributed by atoms with Gasteiger partial charge >= 0.3 is 5.97 Å². The van der Waals surface area contributed by atoms with Gasteiger partial charge in [-0.25, -0.2) is 9.78 Å². The summed E-state index contributed by atoms with van der Waals surface area (Å²) in [6.07, 6.45) is 4.97. The van der Waals surface area contributed by atoms with Crippen LogP contribution in [0.2, 0.25) is 23.2 Å². The van der Waals surface area contributed by atoms with Crippen molar-refractivity contribution >= 4 is 42.9 Å². The van der Waals surface area contributed by atoms with Crippen molar-refractivity contribution in [2.75, 3.05) is 0 Å². The monoisotopic (exact) mass is 599 g/mol. The summed E-state index contributed by atoms with van der Waals surface area (Å²) in [5, 5.41) is 10.9. The maximum absolute atomic E-state index is 12.5. The Bertz CT molecular complexity index is 1550. The molecule has 0 aliphatic rings. The molecule has 1 N–H and O–H groups in total. The Morgan fingerprint density at radius 3 is 2.40 bits per heavy atom. The highest BCUT2D eigenvalue weighted by Crippen LogP contribution is 2.49. The summed E-state index contributed by atoms with van der Waals surface area (Å²) in [5.41, 5.74) is 3.41. The van der Waals surface area contributed by atoms with E-state index < -0.39 is 25.8 Å². The minimum absolute atomic E-state index is 0.0839. The smallest absolute Gasteiger partial charge is 0.349 e. The van der Waals surface area contributed by atoms with E-state index in [-0.39, 0.29) is 9.92 Å². The Labute approximate surface area is 246 Å². The fraction of sp³-hybridized carbons (Fsp3) is 0.433. The molecule has 4 aromatic rings. The lowest BCUT2D eigenvalue weighted by Gasteiger charge is -2.36. The number of rotatable bonds is 8. The lowest BCUT2D eigenvalue weighted by Crippen LogP contribution is -2.40. The van der Waals surface area contributed by atoms with Crippen LogP contribution in [0, 0.1) is 0 Å². The Hall–Kier alpha value is -2.72. The lowest BCUT2D eigenvalue weighted by atomic mass is 9.85. The van der Waals surface area contributed by atoms with Crippen molar-refractivity contribution in [3.8, 4) is 16.3 Å². The Kier molecular flexibility index (Phi) is 8.26. The highest BCUT2D eigenvalue weighted by molar-refractivity contribution is 7.18. The van der Waals surface area contributed by atoms with Crippen LogP contribution in [0.4, 0.5) is 0 Å². The fourth-order valence-corrected chi connectivity index (χ4v) is 6.74. The normalized spacial score (nSPS) is 13.6. The second kappa shape index (κ2) is 10.9. The molecule has 0 spiro atoms. The number of benzene rings is 1. The zero-order valence-electron chi connectivity index (χ0n) is 24.6. The molecule has 0 amide bonds. The number of thiophene rings is 1. The van der Waals surface area contributed by atoms with Crippen LogP contribution >= 0.6 is 22.9 Å². The standard InChI is InChI=1S/C30H38ClN3O4SSi/c1-18(20-12-10-11-13-21(20)31)38-25-24(29(2,3)4)26(39-27(25)28(35)36)22-14-33-23-15-32-19(16-34(22)23)17-37-40(8,9)30(5,6)7/h10-16,18H,17H2,1-9H3,(H,35,36)/t18-/m1/s1. The number of halogens is 1. The Morgan fingerprint density at radius 1 is 1.12 bits per heavy atom. The van der Waals surface area contributed by atoms with E-state index in [4.69, 9.17) is 20.8 Å². The molecule has 0 bridgehead atoms. The van der Waals surface area contributed by atoms with Crippen molar-refractivity contribution < 1.29 is 19.1 Å². The zero-order valence-corrected chi connectivity index (χ0v) is 27.2. The average Bonchev–Trinajstić information content (AvgIpc) is 3.43.